The summed E-state index contributed by atoms with van der Waals surface area (Å²) in [5.74, 6) is 1.12. The highest BCUT2D eigenvalue weighted by Gasteiger charge is 2.40. The summed E-state index contributed by atoms with van der Waals surface area (Å²) >= 11 is 1.88. The number of hydrogen-bond acceptors (Lipinski definition) is 3. The predicted molar refractivity (Wildman–Crippen MR) is 80.0 cm³/mol. The Hall–Kier alpha value is -0.440. The monoisotopic (exact) mass is 264 g/mol. The van der Waals surface area contributed by atoms with E-state index >= 15 is 0 Å². The molecule has 1 aliphatic heterocycles. The Kier molecular flexibility index (Phi) is 3.69. The molecule has 0 saturated heterocycles. The van der Waals surface area contributed by atoms with Gasteiger partial charge in [0, 0.05) is 5.70 Å². The molecule has 0 unspecified atom stereocenters. The molecule has 2 aliphatic carbocycles. The topological polar surface area (TPSA) is 24.4 Å². The van der Waals surface area contributed by atoms with Gasteiger partial charge in [-0.05, 0) is 49.9 Å². The quantitative estimate of drug-likeness (QED) is 0.766. The molecular weight excluding hydrogens is 240 g/mol. The lowest BCUT2D eigenvalue weighted by Gasteiger charge is -2.42. The Labute approximate surface area is 115 Å². The molecule has 18 heavy (non-hydrogen) atoms. The van der Waals surface area contributed by atoms with Gasteiger partial charge in [0.25, 0.3) is 0 Å². The van der Waals surface area contributed by atoms with E-state index < -0.39 is 0 Å². The normalized spacial score (nSPS) is 26.6. The third-order valence-corrected chi connectivity index (χ3v) is 5.32. The van der Waals surface area contributed by atoms with E-state index in [9.17, 15) is 0 Å². The maximum absolute atomic E-state index is 5.16. The van der Waals surface area contributed by atoms with E-state index in [0.717, 1.165) is 5.75 Å². The van der Waals surface area contributed by atoms with Crippen molar-refractivity contribution in [3.05, 3.63) is 11.3 Å². The maximum Gasteiger partial charge on any atom is 0.161 e. The molecule has 0 aromatic rings. The van der Waals surface area contributed by atoms with Crippen molar-refractivity contribution in [3.8, 4) is 0 Å². The number of hydrogen-bond donors (Lipinski definition) is 1. The van der Waals surface area contributed by atoms with Crippen molar-refractivity contribution in [1.82, 2.24) is 5.32 Å². The van der Waals surface area contributed by atoms with Gasteiger partial charge in [-0.3, -0.25) is 4.99 Å². The van der Waals surface area contributed by atoms with Gasteiger partial charge < -0.3 is 5.32 Å². The average Bonchev–Trinajstić information content (AvgIpc) is 2.40. The van der Waals surface area contributed by atoms with E-state index in [1.54, 1.807) is 5.57 Å². The zero-order chi connectivity index (χ0) is 12.4. The second-order valence-corrected chi connectivity index (χ2v) is 6.98. The van der Waals surface area contributed by atoms with Crippen LogP contribution in [0.4, 0.5) is 0 Å². The van der Waals surface area contributed by atoms with E-state index in [2.05, 4.69) is 12.2 Å². The highest BCUT2D eigenvalue weighted by molar-refractivity contribution is 8.13. The van der Waals surface area contributed by atoms with Crippen molar-refractivity contribution in [2.45, 2.75) is 70.3 Å². The fraction of sp³-hybridized carbons (Fsp3) is 0.800. The molecule has 0 aromatic heterocycles. The molecular formula is C15H24N2S. The van der Waals surface area contributed by atoms with Crippen molar-refractivity contribution in [2.75, 3.05) is 5.75 Å². The Bertz CT molecular complexity index is 378. The van der Waals surface area contributed by atoms with Crippen LogP contribution in [0.25, 0.3) is 0 Å². The largest absolute Gasteiger partial charge is 0.339 e. The van der Waals surface area contributed by atoms with Crippen LogP contribution in [-0.2, 0) is 0 Å². The third-order valence-electron chi connectivity index (χ3n) is 4.56. The summed E-state index contributed by atoms with van der Waals surface area (Å²) in [5.41, 5.74) is 3.42. The summed E-state index contributed by atoms with van der Waals surface area (Å²) in [7, 11) is 0. The van der Waals surface area contributed by atoms with Crippen LogP contribution in [0, 0.1) is 0 Å². The van der Waals surface area contributed by atoms with Crippen LogP contribution >= 0.6 is 11.8 Å². The van der Waals surface area contributed by atoms with Gasteiger partial charge in [0.15, 0.2) is 5.17 Å². The Morgan fingerprint density at radius 2 is 1.89 bits per heavy atom. The third kappa shape index (κ3) is 2.22. The minimum atomic E-state index is 0.205. The molecule has 1 heterocycles. The Morgan fingerprint density at radius 3 is 2.67 bits per heavy atom. The Balaban J connectivity index is 1.94. The second kappa shape index (κ2) is 5.28. The molecule has 3 aliphatic rings. The summed E-state index contributed by atoms with van der Waals surface area (Å²) in [6.45, 7) is 2.22. The van der Waals surface area contributed by atoms with E-state index in [1.807, 2.05) is 11.8 Å². The first-order chi connectivity index (χ1) is 8.84. The lowest BCUT2D eigenvalue weighted by Crippen LogP contribution is -2.42. The molecule has 3 heteroatoms. The highest BCUT2D eigenvalue weighted by atomic mass is 32.2. The second-order valence-electron chi connectivity index (χ2n) is 5.73. The molecule has 1 N–H and O–H groups in total. The number of nitrogens with one attached hydrogen (secondary N) is 1. The summed E-state index contributed by atoms with van der Waals surface area (Å²) < 4.78 is 0. The molecule has 1 fully saturated rings. The summed E-state index contributed by atoms with van der Waals surface area (Å²) in [4.78, 5) is 5.16. The van der Waals surface area contributed by atoms with E-state index in [0.29, 0.717) is 0 Å². The van der Waals surface area contributed by atoms with Crippen molar-refractivity contribution >= 4 is 16.9 Å². The van der Waals surface area contributed by atoms with Gasteiger partial charge in [0.2, 0.25) is 0 Å². The fourth-order valence-electron chi connectivity index (χ4n) is 3.73. The fourth-order valence-corrected chi connectivity index (χ4v) is 4.44. The number of fused-ring (bicyclic) bond motifs is 1. The van der Waals surface area contributed by atoms with Crippen LogP contribution in [-0.4, -0.2) is 16.5 Å². The molecule has 0 amide bonds. The molecule has 0 bridgehead atoms. The number of allylic oxidation sites excluding steroid dienone is 1. The van der Waals surface area contributed by atoms with Gasteiger partial charge in [-0.15, -0.1) is 0 Å². The van der Waals surface area contributed by atoms with Gasteiger partial charge >= 0.3 is 0 Å². The standard InChI is InChI=1S/C15H24N2S/c1-2-18-14-16-13-9-5-4-8-12(13)15(17-14)10-6-3-7-11-15/h2-11H2,1H3,(H,16,17). The van der Waals surface area contributed by atoms with Crippen LogP contribution in [0.15, 0.2) is 16.3 Å². The van der Waals surface area contributed by atoms with Crippen LogP contribution in [0.5, 0.6) is 0 Å². The van der Waals surface area contributed by atoms with Crippen molar-refractivity contribution < 1.29 is 0 Å². The number of amidine groups is 1. The lowest BCUT2D eigenvalue weighted by atomic mass is 9.72. The summed E-state index contributed by atoms with van der Waals surface area (Å²) in [6, 6.07) is 0. The minimum absolute atomic E-state index is 0.205. The molecule has 0 aromatic carbocycles. The SMILES string of the molecule is CCSC1=NC2(CCCCC2)C2=C(CCCC2)N1. The number of thioether (sulfide) groups is 1. The molecule has 2 nitrogen and oxygen atoms in total. The van der Waals surface area contributed by atoms with Crippen LogP contribution in [0.1, 0.15) is 64.7 Å². The average molecular weight is 264 g/mol. The number of rotatable bonds is 1. The van der Waals surface area contributed by atoms with Crippen molar-refractivity contribution in [1.29, 1.82) is 0 Å². The molecule has 0 radical (unpaired) electrons. The van der Waals surface area contributed by atoms with Crippen LogP contribution in [0.3, 0.4) is 0 Å². The smallest absolute Gasteiger partial charge is 0.161 e. The zero-order valence-electron chi connectivity index (χ0n) is 11.4. The highest BCUT2D eigenvalue weighted by Crippen LogP contribution is 2.45. The summed E-state index contributed by atoms with van der Waals surface area (Å²) in [6.07, 6.45) is 12.0. The van der Waals surface area contributed by atoms with E-state index in [-0.39, 0.29) is 5.54 Å². The van der Waals surface area contributed by atoms with Gasteiger partial charge in [-0.1, -0.05) is 37.9 Å². The first-order valence-corrected chi connectivity index (χ1v) is 8.55. The van der Waals surface area contributed by atoms with E-state index in [1.165, 1.54) is 68.7 Å². The number of aliphatic imine (C=N–C) groups is 1. The Morgan fingerprint density at radius 1 is 1.11 bits per heavy atom. The molecule has 1 spiro atoms. The minimum Gasteiger partial charge on any atom is -0.339 e. The van der Waals surface area contributed by atoms with Crippen molar-refractivity contribution in [2.24, 2.45) is 4.99 Å². The molecule has 3 rings (SSSR count). The molecule has 1 saturated carbocycles. The van der Waals surface area contributed by atoms with Crippen molar-refractivity contribution in [3.63, 3.8) is 0 Å². The first-order valence-electron chi connectivity index (χ1n) is 7.56. The number of nitrogens with zero attached hydrogens (tertiary/aromatic N) is 1. The first kappa shape index (κ1) is 12.6. The van der Waals surface area contributed by atoms with Gasteiger partial charge in [0.1, 0.15) is 0 Å². The zero-order valence-corrected chi connectivity index (χ0v) is 12.2. The lowest BCUT2D eigenvalue weighted by molar-refractivity contribution is 0.321. The molecule has 100 valence electrons. The predicted octanol–water partition coefficient (Wildman–Crippen LogP) is 4.23. The van der Waals surface area contributed by atoms with Gasteiger partial charge in [0.05, 0.1) is 5.54 Å². The van der Waals surface area contributed by atoms with Gasteiger partial charge in [-0.25, -0.2) is 0 Å². The summed E-state index contributed by atoms with van der Waals surface area (Å²) in [5, 5.41) is 4.81. The van der Waals surface area contributed by atoms with Gasteiger partial charge in [-0.2, -0.15) is 0 Å². The van der Waals surface area contributed by atoms with E-state index in [4.69, 9.17) is 4.99 Å². The molecule has 0 atom stereocenters. The maximum atomic E-state index is 5.16. The van der Waals surface area contributed by atoms with Crippen LogP contribution < -0.4 is 5.32 Å². The van der Waals surface area contributed by atoms with Crippen LogP contribution in [0.2, 0.25) is 0 Å².